The lowest BCUT2D eigenvalue weighted by atomic mass is 10.0. The molecule has 4 rings (SSSR count). The molecule has 10 heteroatoms. The van der Waals surface area contributed by atoms with E-state index >= 15 is 0 Å². The minimum atomic E-state index is -2.29. The van der Waals surface area contributed by atoms with E-state index in [2.05, 4.69) is 19.9 Å². The molecule has 2 aromatic heterocycles. The summed E-state index contributed by atoms with van der Waals surface area (Å²) in [4.78, 5) is 19.3. The van der Waals surface area contributed by atoms with Gasteiger partial charge in [-0.2, -0.15) is 0 Å². The maximum absolute atomic E-state index is 13.0. The maximum atomic E-state index is 13.0. The van der Waals surface area contributed by atoms with Gasteiger partial charge in [0.15, 0.2) is 5.82 Å². The smallest absolute Gasteiger partial charge is 0.260 e. The molecule has 0 spiro atoms. The topological polar surface area (TPSA) is 116 Å². The Kier molecular flexibility index (Phi) is 5.71. The Morgan fingerprint density at radius 1 is 1.27 bits per heavy atom. The standard InChI is InChI=1S/C20H22N6O3S/c1-13(2)26-12-21-24-19(26)17-4-3-5-18(23-17)25-11-15-7-6-14(8-9-22-30(28)29)10-16(15)20(25)27/h3-7,10,12-13,22H,8-9,11H2,1-2H3,(H,28,29)/p-1. The Morgan fingerprint density at radius 3 is 2.87 bits per heavy atom. The minimum Gasteiger partial charge on any atom is -0.760 e. The largest absolute Gasteiger partial charge is 0.760 e. The van der Waals surface area contributed by atoms with E-state index in [-0.39, 0.29) is 18.5 Å². The van der Waals surface area contributed by atoms with Crippen LogP contribution in [-0.2, 0) is 24.2 Å². The van der Waals surface area contributed by atoms with Crippen molar-refractivity contribution in [3.05, 3.63) is 59.4 Å². The third-order valence-corrected chi connectivity index (χ3v) is 5.42. The molecular weight excluding hydrogens is 404 g/mol. The number of carbonyl (C=O) groups is 1. The van der Waals surface area contributed by atoms with E-state index in [9.17, 15) is 13.6 Å². The number of nitrogens with one attached hydrogen (secondary N) is 1. The average molecular weight is 425 g/mol. The number of fused-ring (bicyclic) bond motifs is 1. The molecule has 30 heavy (non-hydrogen) atoms. The quantitative estimate of drug-likeness (QED) is 0.579. The molecular formula is C20H21N6O3S-. The van der Waals surface area contributed by atoms with Crippen molar-refractivity contribution in [2.75, 3.05) is 11.4 Å². The summed E-state index contributed by atoms with van der Waals surface area (Å²) in [6.45, 7) is 4.80. The molecule has 1 aliphatic rings. The van der Waals surface area contributed by atoms with E-state index in [1.54, 1.807) is 17.3 Å². The van der Waals surface area contributed by atoms with Gasteiger partial charge in [-0.05, 0) is 49.6 Å². The molecule has 0 radical (unpaired) electrons. The monoisotopic (exact) mass is 425 g/mol. The van der Waals surface area contributed by atoms with E-state index in [4.69, 9.17) is 0 Å². The number of rotatable bonds is 7. The normalized spacial score (nSPS) is 14.4. The Balaban J connectivity index is 1.57. The van der Waals surface area contributed by atoms with Crippen LogP contribution in [0.15, 0.2) is 42.7 Å². The number of nitrogens with zero attached hydrogens (tertiary/aromatic N) is 5. The van der Waals surface area contributed by atoms with Gasteiger partial charge in [0.05, 0.1) is 6.54 Å². The second-order valence-electron chi connectivity index (χ2n) is 7.30. The van der Waals surface area contributed by atoms with Gasteiger partial charge in [-0.1, -0.05) is 18.2 Å². The number of aromatic nitrogens is 4. The van der Waals surface area contributed by atoms with E-state index in [1.165, 1.54) is 0 Å². The van der Waals surface area contributed by atoms with Gasteiger partial charge in [-0.3, -0.25) is 13.9 Å². The van der Waals surface area contributed by atoms with Crippen LogP contribution in [0, 0.1) is 0 Å². The van der Waals surface area contributed by atoms with Crippen LogP contribution in [-0.4, -0.2) is 41.0 Å². The predicted molar refractivity (Wildman–Crippen MR) is 111 cm³/mol. The SMILES string of the molecule is CC(C)n1cnnc1-c1cccc(N2Cc3ccc(CCNS(=O)[O-])cc3C2=O)n1. The lowest BCUT2D eigenvalue weighted by Gasteiger charge is -2.16. The van der Waals surface area contributed by atoms with Gasteiger partial charge in [-0.25, -0.2) is 9.71 Å². The van der Waals surface area contributed by atoms with E-state index in [1.807, 2.05) is 48.7 Å². The van der Waals surface area contributed by atoms with Crippen molar-refractivity contribution < 1.29 is 13.6 Å². The Morgan fingerprint density at radius 2 is 2.10 bits per heavy atom. The van der Waals surface area contributed by atoms with Crippen LogP contribution in [0.4, 0.5) is 5.82 Å². The van der Waals surface area contributed by atoms with Gasteiger partial charge >= 0.3 is 0 Å². The summed E-state index contributed by atoms with van der Waals surface area (Å²) >= 11 is -2.29. The van der Waals surface area contributed by atoms with Gasteiger partial charge in [0.25, 0.3) is 5.91 Å². The average Bonchev–Trinajstić information content (AvgIpc) is 3.33. The zero-order chi connectivity index (χ0) is 21.3. The fraction of sp³-hybridized carbons (Fsp3) is 0.300. The number of carbonyl (C=O) groups excluding carboxylic acids is 1. The summed E-state index contributed by atoms with van der Waals surface area (Å²) in [6.07, 6.45) is 2.18. The first-order chi connectivity index (χ1) is 14.4. The summed E-state index contributed by atoms with van der Waals surface area (Å²) in [5.41, 5.74) is 3.09. The van der Waals surface area contributed by atoms with Gasteiger partial charge in [0.2, 0.25) is 0 Å². The van der Waals surface area contributed by atoms with Crippen molar-refractivity contribution in [3.63, 3.8) is 0 Å². The summed E-state index contributed by atoms with van der Waals surface area (Å²) in [5.74, 6) is 1.08. The van der Waals surface area contributed by atoms with Crippen LogP contribution in [0.1, 0.15) is 41.4 Å². The molecule has 3 aromatic rings. The summed E-state index contributed by atoms with van der Waals surface area (Å²) in [7, 11) is 0. The minimum absolute atomic E-state index is 0.123. The molecule has 1 unspecified atom stereocenters. The number of anilines is 1. The number of hydrogen-bond acceptors (Lipinski definition) is 6. The van der Waals surface area contributed by atoms with E-state index < -0.39 is 11.3 Å². The fourth-order valence-electron chi connectivity index (χ4n) is 3.47. The maximum Gasteiger partial charge on any atom is 0.260 e. The third-order valence-electron chi connectivity index (χ3n) is 4.98. The molecule has 1 aliphatic heterocycles. The van der Waals surface area contributed by atoms with E-state index in [0.717, 1.165) is 11.1 Å². The highest BCUT2D eigenvalue weighted by atomic mass is 32.2. The number of hydrogen-bond donors (Lipinski definition) is 1. The summed E-state index contributed by atoms with van der Waals surface area (Å²) < 4.78 is 25.5. The highest BCUT2D eigenvalue weighted by molar-refractivity contribution is 7.77. The highest BCUT2D eigenvalue weighted by Crippen LogP contribution is 2.29. The molecule has 3 heterocycles. The van der Waals surface area contributed by atoms with Crippen LogP contribution in [0.5, 0.6) is 0 Å². The van der Waals surface area contributed by atoms with Crippen LogP contribution < -0.4 is 9.62 Å². The van der Waals surface area contributed by atoms with Crippen molar-refractivity contribution in [3.8, 4) is 11.5 Å². The van der Waals surface area contributed by atoms with Crippen molar-refractivity contribution >= 4 is 23.0 Å². The van der Waals surface area contributed by atoms with Crippen molar-refractivity contribution in [1.82, 2.24) is 24.5 Å². The van der Waals surface area contributed by atoms with Crippen LogP contribution in [0.2, 0.25) is 0 Å². The molecule has 0 saturated carbocycles. The van der Waals surface area contributed by atoms with Gasteiger partial charge in [0.1, 0.15) is 17.8 Å². The number of benzene rings is 1. The molecule has 1 amide bonds. The zero-order valence-corrected chi connectivity index (χ0v) is 17.4. The van der Waals surface area contributed by atoms with Crippen LogP contribution in [0.3, 0.4) is 0 Å². The van der Waals surface area contributed by atoms with Crippen molar-refractivity contribution in [2.24, 2.45) is 0 Å². The van der Waals surface area contributed by atoms with Crippen molar-refractivity contribution in [1.29, 1.82) is 0 Å². The first-order valence-electron chi connectivity index (χ1n) is 9.57. The molecule has 1 aromatic carbocycles. The Bertz CT molecular complexity index is 1110. The molecule has 0 bridgehead atoms. The van der Waals surface area contributed by atoms with Gasteiger partial charge in [-0.15, -0.1) is 10.2 Å². The molecule has 0 saturated heterocycles. The molecule has 1 atom stereocenters. The van der Waals surface area contributed by atoms with Crippen molar-refractivity contribution in [2.45, 2.75) is 32.9 Å². The van der Waals surface area contributed by atoms with E-state index in [0.29, 0.717) is 35.9 Å². The first kappa shape index (κ1) is 20.3. The van der Waals surface area contributed by atoms with Crippen LogP contribution in [0.25, 0.3) is 11.5 Å². The lowest BCUT2D eigenvalue weighted by Crippen LogP contribution is -2.24. The predicted octanol–water partition coefficient (Wildman–Crippen LogP) is 2.01. The molecule has 0 aliphatic carbocycles. The molecule has 9 nitrogen and oxygen atoms in total. The summed E-state index contributed by atoms with van der Waals surface area (Å²) in [5, 5.41) is 8.17. The third kappa shape index (κ3) is 4.02. The number of amides is 1. The first-order valence-corrected chi connectivity index (χ1v) is 10.6. The molecule has 156 valence electrons. The van der Waals surface area contributed by atoms with Gasteiger partial charge < -0.3 is 9.12 Å². The fourth-order valence-corrected chi connectivity index (χ4v) is 3.74. The highest BCUT2D eigenvalue weighted by Gasteiger charge is 2.29. The molecule has 1 N–H and O–H groups in total. The second kappa shape index (κ2) is 8.42. The van der Waals surface area contributed by atoms with Crippen LogP contribution >= 0.6 is 0 Å². The zero-order valence-electron chi connectivity index (χ0n) is 16.6. The Hall–Kier alpha value is -2.95. The lowest BCUT2D eigenvalue weighted by molar-refractivity contribution is 0.0996. The second-order valence-corrected chi connectivity index (χ2v) is 8.06. The number of pyridine rings is 1. The van der Waals surface area contributed by atoms with Gasteiger partial charge in [0, 0.05) is 29.4 Å². The summed E-state index contributed by atoms with van der Waals surface area (Å²) in [6, 6.07) is 11.4. The Labute approximate surface area is 176 Å². The molecule has 0 fully saturated rings.